The predicted octanol–water partition coefficient (Wildman–Crippen LogP) is 4.02. The van der Waals surface area contributed by atoms with Gasteiger partial charge in [0.05, 0.1) is 13.2 Å². The minimum Gasteiger partial charge on any atom is -0.497 e. The topological polar surface area (TPSA) is 58.6 Å². The molecule has 0 fully saturated rings. The maximum Gasteiger partial charge on any atom is 0.220 e. The standard InChI is InChI=1S/C23H25NO3/c1-27-19-12-9-17(10-13-19)11-14-23(26)24-16-15-22(25)21-8-4-6-18-5-2-3-7-20(18)21/h2-10,12-13,22,25H,11,14-16H2,1H3,(H,24,26)/t22-/m1/s1. The molecule has 0 aliphatic carbocycles. The number of aliphatic hydroxyl groups excluding tert-OH is 1. The second-order valence-electron chi connectivity index (χ2n) is 6.57. The van der Waals surface area contributed by atoms with E-state index in [0.29, 0.717) is 25.8 Å². The quantitative estimate of drug-likeness (QED) is 0.635. The lowest BCUT2D eigenvalue weighted by atomic mass is 9.99. The third-order valence-electron chi connectivity index (χ3n) is 4.72. The summed E-state index contributed by atoms with van der Waals surface area (Å²) in [6.07, 6.45) is 0.999. The number of fused-ring (bicyclic) bond motifs is 1. The third-order valence-corrected chi connectivity index (χ3v) is 4.72. The van der Waals surface area contributed by atoms with E-state index in [0.717, 1.165) is 27.6 Å². The highest BCUT2D eigenvalue weighted by molar-refractivity contribution is 5.86. The molecule has 0 aromatic heterocycles. The molecule has 3 aromatic rings. The molecule has 3 aromatic carbocycles. The molecule has 0 radical (unpaired) electrons. The van der Waals surface area contributed by atoms with Gasteiger partial charge in [0.25, 0.3) is 0 Å². The zero-order valence-corrected chi connectivity index (χ0v) is 15.5. The summed E-state index contributed by atoms with van der Waals surface area (Å²) in [4.78, 5) is 12.1. The molecular formula is C23H25NO3. The van der Waals surface area contributed by atoms with Gasteiger partial charge in [-0.2, -0.15) is 0 Å². The van der Waals surface area contributed by atoms with Gasteiger partial charge in [0.15, 0.2) is 0 Å². The number of aliphatic hydroxyl groups is 1. The fourth-order valence-corrected chi connectivity index (χ4v) is 3.18. The number of ether oxygens (including phenoxy) is 1. The molecule has 0 heterocycles. The fourth-order valence-electron chi connectivity index (χ4n) is 3.18. The van der Waals surface area contributed by atoms with Crippen LogP contribution in [-0.2, 0) is 11.2 Å². The highest BCUT2D eigenvalue weighted by Crippen LogP contribution is 2.25. The van der Waals surface area contributed by atoms with Crippen LogP contribution >= 0.6 is 0 Å². The average molecular weight is 363 g/mol. The van der Waals surface area contributed by atoms with Crippen molar-refractivity contribution >= 4 is 16.7 Å². The highest BCUT2D eigenvalue weighted by Gasteiger charge is 2.11. The van der Waals surface area contributed by atoms with Crippen molar-refractivity contribution in [3.05, 3.63) is 77.9 Å². The fraction of sp³-hybridized carbons (Fsp3) is 0.261. The number of carbonyl (C=O) groups excluding carboxylic acids is 1. The van der Waals surface area contributed by atoms with Crippen molar-refractivity contribution in [3.63, 3.8) is 0 Å². The van der Waals surface area contributed by atoms with Crippen LogP contribution in [0.1, 0.15) is 30.1 Å². The van der Waals surface area contributed by atoms with Crippen LogP contribution < -0.4 is 10.1 Å². The first-order valence-corrected chi connectivity index (χ1v) is 9.23. The van der Waals surface area contributed by atoms with Gasteiger partial charge in [-0.15, -0.1) is 0 Å². The first-order chi connectivity index (χ1) is 13.2. The maximum atomic E-state index is 12.1. The van der Waals surface area contributed by atoms with Crippen molar-refractivity contribution in [1.82, 2.24) is 5.32 Å². The number of carbonyl (C=O) groups is 1. The molecule has 3 rings (SSSR count). The largest absolute Gasteiger partial charge is 0.497 e. The predicted molar refractivity (Wildman–Crippen MR) is 108 cm³/mol. The van der Waals surface area contributed by atoms with E-state index in [2.05, 4.69) is 5.32 Å². The summed E-state index contributed by atoms with van der Waals surface area (Å²) >= 11 is 0. The Hall–Kier alpha value is -2.85. The minimum atomic E-state index is -0.599. The number of hydrogen-bond donors (Lipinski definition) is 2. The summed E-state index contributed by atoms with van der Waals surface area (Å²) < 4.78 is 5.13. The van der Waals surface area contributed by atoms with E-state index in [1.165, 1.54) is 0 Å². The Balaban J connectivity index is 1.46. The lowest BCUT2D eigenvalue weighted by molar-refractivity contribution is -0.121. The molecule has 0 aliphatic rings. The van der Waals surface area contributed by atoms with Gasteiger partial charge in [0, 0.05) is 13.0 Å². The zero-order chi connectivity index (χ0) is 19.1. The Morgan fingerprint density at radius 3 is 2.56 bits per heavy atom. The van der Waals surface area contributed by atoms with Crippen LogP contribution in [0.3, 0.4) is 0 Å². The van der Waals surface area contributed by atoms with Crippen LogP contribution in [0.4, 0.5) is 0 Å². The van der Waals surface area contributed by atoms with Crippen molar-refractivity contribution in [3.8, 4) is 5.75 Å². The zero-order valence-electron chi connectivity index (χ0n) is 15.5. The van der Waals surface area contributed by atoms with E-state index in [9.17, 15) is 9.90 Å². The van der Waals surface area contributed by atoms with E-state index in [1.807, 2.05) is 66.7 Å². The number of methoxy groups -OCH3 is 1. The van der Waals surface area contributed by atoms with Crippen molar-refractivity contribution < 1.29 is 14.6 Å². The lowest BCUT2D eigenvalue weighted by Gasteiger charge is -2.14. The molecule has 140 valence electrons. The summed E-state index contributed by atoms with van der Waals surface area (Å²) in [6.45, 7) is 0.450. The van der Waals surface area contributed by atoms with Crippen molar-refractivity contribution in [2.75, 3.05) is 13.7 Å². The Kier molecular flexibility index (Phi) is 6.44. The molecule has 2 N–H and O–H groups in total. The molecule has 0 saturated carbocycles. The van der Waals surface area contributed by atoms with Gasteiger partial charge < -0.3 is 15.2 Å². The molecule has 27 heavy (non-hydrogen) atoms. The van der Waals surface area contributed by atoms with Crippen molar-refractivity contribution in [1.29, 1.82) is 0 Å². The van der Waals surface area contributed by atoms with Crippen molar-refractivity contribution in [2.45, 2.75) is 25.4 Å². The van der Waals surface area contributed by atoms with Crippen LogP contribution in [0, 0.1) is 0 Å². The number of amides is 1. The van der Waals surface area contributed by atoms with Gasteiger partial charge in [-0.25, -0.2) is 0 Å². The van der Waals surface area contributed by atoms with Crippen LogP contribution in [0.25, 0.3) is 10.8 Å². The number of rotatable bonds is 8. The monoisotopic (exact) mass is 363 g/mol. The molecule has 1 atom stereocenters. The summed E-state index contributed by atoms with van der Waals surface area (Å²) in [5.74, 6) is 0.807. The summed E-state index contributed by atoms with van der Waals surface area (Å²) in [5.41, 5.74) is 2.00. The lowest BCUT2D eigenvalue weighted by Crippen LogP contribution is -2.25. The normalized spacial score (nSPS) is 11.9. The van der Waals surface area contributed by atoms with E-state index in [4.69, 9.17) is 4.74 Å². The Morgan fingerprint density at radius 1 is 1.04 bits per heavy atom. The second-order valence-corrected chi connectivity index (χ2v) is 6.57. The second kappa shape index (κ2) is 9.19. The number of benzene rings is 3. The molecule has 0 bridgehead atoms. The Bertz CT molecular complexity index is 884. The van der Waals surface area contributed by atoms with E-state index in [-0.39, 0.29) is 5.91 Å². The van der Waals surface area contributed by atoms with Gasteiger partial charge in [-0.3, -0.25) is 4.79 Å². The first kappa shape index (κ1) is 18.9. The van der Waals surface area contributed by atoms with Gasteiger partial charge >= 0.3 is 0 Å². The summed E-state index contributed by atoms with van der Waals surface area (Å²) in [6, 6.07) is 21.7. The van der Waals surface area contributed by atoms with E-state index < -0.39 is 6.10 Å². The molecule has 4 nitrogen and oxygen atoms in total. The van der Waals surface area contributed by atoms with Gasteiger partial charge in [-0.1, -0.05) is 54.6 Å². The molecule has 1 amide bonds. The number of hydrogen-bond acceptors (Lipinski definition) is 3. The first-order valence-electron chi connectivity index (χ1n) is 9.23. The van der Waals surface area contributed by atoms with Crippen molar-refractivity contribution in [2.24, 2.45) is 0 Å². The smallest absolute Gasteiger partial charge is 0.220 e. The third kappa shape index (κ3) is 5.08. The van der Waals surface area contributed by atoms with Crippen LogP contribution in [0.15, 0.2) is 66.7 Å². The Morgan fingerprint density at radius 2 is 1.78 bits per heavy atom. The SMILES string of the molecule is COc1ccc(CCC(=O)NCC[C@@H](O)c2cccc3ccccc23)cc1. The van der Waals surface area contributed by atoms with Crippen LogP contribution in [-0.4, -0.2) is 24.7 Å². The van der Waals surface area contributed by atoms with Crippen LogP contribution in [0.2, 0.25) is 0 Å². The maximum absolute atomic E-state index is 12.1. The summed E-state index contributed by atoms with van der Waals surface area (Å²) in [7, 11) is 1.63. The minimum absolute atomic E-state index is 0.00376. The molecular weight excluding hydrogens is 338 g/mol. The van der Waals surface area contributed by atoms with E-state index >= 15 is 0 Å². The Labute approximate surface area is 159 Å². The molecule has 0 spiro atoms. The van der Waals surface area contributed by atoms with Crippen LogP contribution in [0.5, 0.6) is 5.75 Å². The highest BCUT2D eigenvalue weighted by atomic mass is 16.5. The molecule has 0 unspecified atom stereocenters. The number of aryl methyl sites for hydroxylation is 1. The van der Waals surface area contributed by atoms with Gasteiger partial charge in [0.2, 0.25) is 5.91 Å². The number of nitrogens with one attached hydrogen (secondary N) is 1. The summed E-state index contributed by atoms with van der Waals surface area (Å²) in [5, 5.41) is 15.6. The molecule has 0 aliphatic heterocycles. The van der Waals surface area contributed by atoms with Gasteiger partial charge in [-0.05, 0) is 46.9 Å². The van der Waals surface area contributed by atoms with Gasteiger partial charge in [0.1, 0.15) is 5.75 Å². The van der Waals surface area contributed by atoms with E-state index in [1.54, 1.807) is 7.11 Å². The molecule has 0 saturated heterocycles. The average Bonchev–Trinajstić information content (AvgIpc) is 2.72. The molecule has 4 heteroatoms.